The SMILES string of the molecule is CN1CCC(N2CCC3(CCOc4ccc(C(F)(F)F)cc4S(=O)(=O)N4C[C@H](OCc5cn(Cc6ccccc6)nn5)C[C@H]4C(=O)N3)CC2)CC1. The number of ether oxygens (including phenoxy) is 2. The van der Waals surface area contributed by atoms with E-state index in [1.54, 1.807) is 10.9 Å². The van der Waals surface area contributed by atoms with Crippen molar-refractivity contribution in [3.63, 3.8) is 0 Å². The van der Waals surface area contributed by atoms with Crippen molar-refractivity contribution in [2.75, 3.05) is 46.4 Å². The number of hydrogen-bond acceptors (Lipinski definition) is 9. The van der Waals surface area contributed by atoms with Gasteiger partial charge in [-0.25, -0.2) is 13.1 Å². The second-order valence-corrected chi connectivity index (χ2v) is 16.1. The van der Waals surface area contributed by atoms with E-state index in [0.717, 1.165) is 61.0 Å². The minimum absolute atomic E-state index is 0.0103. The predicted octanol–water partition coefficient (Wildman–Crippen LogP) is 3.52. The molecular formula is C35H44F3N7O5S. The molecule has 0 saturated carbocycles. The van der Waals surface area contributed by atoms with Gasteiger partial charge in [0.1, 0.15) is 22.4 Å². The Labute approximate surface area is 295 Å². The molecule has 3 saturated heterocycles. The van der Waals surface area contributed by atoms with Crippen LogP contribution in [0.15, 0.2) is 59.6 Å². The van der Waals surface area contributed by atoms with Gasteiger partial charge in [0.25, 0.3) is 0 Å². The summed E-state index contributed by atoms with van der Waals surface area (Å²) in [6, 6.07) is 11.5. The van der Waals surface area contributed by atoms with Gasteiger partial charge in [-0.05, 0) is 69.6 Å². The van der Waals surface area contributed by atoms with Crippen molar-refractivity contribution in [3.05, 3.63) is 71.5 Å². The molecule has 276 valence electrons. The van der Waals surface area contributed by atoms with Crippen LogP contribution < -0.4 is 10.1 Å². The minimum Gasteiger partial charge on any atom is -0.492 e. The molecule has 16 heteroatoms. The van der Waals surface area contributed by atoms with Crippen molar-refractivity contribution in [3.8, 4) is 5.75 Å². The number of benzene rings is 2. The zero-order chi connectivity index (χ0) is 35.8. The van der Waals surface area contributed by atoms with Gasteiger partial charge < -0.3 is 24.6 Å². The van der Waals surface area contributed by atoms with Gasteiger partial charge in [0.2, 0.25) is 15.9 Å². The van der Waals surface area contributed by atoms with Gasteiger partial charge in [0, 0.05) is 44.1 Å². The third-order valence-corrected chi connectivity index (χ3v) is 12.7. The van der Waals surface area contributed by atoms with Gasteiger partial charge in [0.15, 0.2) is 0 Å². The maximum Gasteiger partial charge on any atom is 0.416 e. The third kappa shape index (κ3) is 7.94. The Morgan fingerprint density at radius 1 is 1.04 bits per heavy atom. The Hall–Kier alpha value is -3.57. The molecule has 1 N–H and O–H groups in total. The molecule has 51 heavy (non-hydrogen) atoms. The Balaban J connectivity index is 1.12. The van der Waals surface area contributed by atoms with E-state index < -0.39 is 50.3 Å². The van der Waals surface area contributed by atoms with Gasteiger partial charge in [-0.2, -0.15) is 17.5 Å². The zero-order valence-corrected chi connectivity index (χ0v) is 29.4. The van der Waals surface area contributed by atoms with Crippen molar-refractivity contribution < 1.29 is 35.9 Å². The molecule has 7 rings (SSSR count). The van der Waals surface area contributed by atoms with Crippen molar-refractivity contribution in [1.29, 1.82) is 0 Å². The lowest BCUT2D eigenvalue weighted by Crippen LogP contribution is -2.60. The number of carbonyl (C=O) groups excluding carboxylic acids is 1. The standard InChI is InChI=1S/C35H44F3N7O5S/c1-42-14-9-28(10-15-42)43-16-11-34(12-17-43)13-18-49-31-8-7-26(35(36,37)38)19-32(31)51(47,48)45-23-29(20-30(45)33(46)39-34)50-24-27-22-44(41-40-27)21-25-5-3-2-4-6-25/h2-8,19,22,28-30H,9-18,20-21,23-24H2,1H3,(H,39,46)/t29-,30+/m1/s1. The lowest BCUT2D eigenvalue weighted by Gasteiger charge is -2.46. The van der Waals surface area contributed by atoms with E-state index in [4.69, 9.17) is 9.47 Å². The van der Waals surface area contributed by atoms with Crippen LogP contribution in [0.5, 0.6) is 5.75 Å². The molecule has 5 heterocycles. The molecule has 3 aromatic rings. The molecule has 0 aliphatic carbocycles. The van der Waals surface area contributed by atoms with Crippen LogP contribution in [0.3, 0.4) is 0 Å². The molecule has 4 aliphatic heterocycles. The topological polar surface area (TPSA) is 122 Å². The number of piperidine rings is 2. The average Bonchev–Trinajstić information content (AvgIpc) is 3.75. The summed E-state index contributed by atoms with van der Waals surface area (Å²) in [6.45, 7) is 3.92. The maximum atomic E-state index is 14.3. The van der Waals surface area contributed by atoms with Crippen LogP contribution in [-0.2, 0) is 38.9 Å². The number of carbonyl (C=O) groups is 1. The van der Waals surface area contributed by atoms with E-state index in [-0.39, 0.29) is 31.9 Å². The molecule has 4 aliphatic rings. The van der Waals surface area contributed by atoms with E-state index in [2.05, 4.69) is 32.5 Å². The molecule has 0 unspecified atom stereocenters. The fourth-order valence-corrected chi connectivity index (χ4v) is 9.59. The zero-order valence-electron chi connectivity index (χ0n) is 28.6. The minimum atomic E-state index is -4.78. The van der Waals surface area contributed by atoms with Crippen molar-refractivity contribution in [2.24, 2.45) is 0 Å². The van der Waals surface area contributed by atoms with Crippen LogP contribution in [0.1, 0.15) is 55.3 Å². The fourth-order valence-electron chi connectivity index (χ4n) is 7.80. The Bertz CT molecular complexity index is 1790. The number of nitrogens with one attached hydrogen (secondary N) is 1. The van der Waals surface area contributed by atoms with Gasteiger partial charge >= 0.3 is 6.18 Å². The molecule has 2 atom stereocenters. The lowest BCUT2D eigenvalue weighted by molar-refractivity contribution is -0.137. The number of nitrogens with zero attached hydrogens (tertiary/aromatic N) is 6. The number of hydrogen-bond donors (Lipinski definition) is 1. The summed E-state index contributed by atoms with van der Waals surface area (Å²) in [6.07, 6.45) is 0.0786. The van der Waals surface area contributed by atoms with E-state index in [0.29, 0.717) is 43.6 Å². The highest BCUT2D eigenvalue weighted by molar-refractivity contribution is 7.89. The number of likely N-dealkylation sites (tertiary alicyclic amines) is 2. The van der Waals surface area contributed by atoms with Crippen LogP contribution >= 0.6 is 0 Å². The number of aromatic nitrogens is 3. The van der Waals surface area contributed by atoms with Crippen LogP contribution in [0.25, 0.3) is 0 Å². The van der Waals surface area contributed by atoms with Gasteiger partial charge in [0.05, 0.1) is 37.6 Å². The molecule has 0 radical (unpaired) electrons. The van der Waals surface area contributed by atoms with Crippen LogP contribution in [0.4, 0.5) is 13.2 Å². The highest BCUT2D eigenvalue weighted by atomic mass is 32.2. The molecule has 2 aromatic carbocycles. The van der Waals surface area contributed by atoms with Gasteiger partial charge in [-0.3, -0.25) is 4.79 Å². The van der Waals surface area contributed by atoms with Crippen molar-refractivity contribution in [1.82, 2.24) is 34.4 Å². The lowest BCUT2D eigenvalue weighted by atomic mass is 9.83. The summed E-state index contributed by atoms with van der Waals surface area (Å²) in [5.41, 5.74) is -0.225. The largest absolute Gasteiger partial charge is 0.492 e. The summed E-state index contributed by atoms with van der Waals surface area (Å²) in [5.74, 6) is -0.656. The number of sulfonamides is 1. The molecule has 12 nitrogen and oxygen atoms in total. The molecule has 3 fully saturated rings. The smallest absolute Gasteiger partial charge is 0.416 e. The quantitative estimate of drug-likeness (QED) is 0.406. The number of alkyl halides is 3. The third-order valence-electron chi connectivity index (χ3n) is 10.8. The summed E-state index contributed by atoms with van der Waals surface area (Å²) in [7, 11) is -2.52. The number of rotatable bonds is 6. The number of amides is 1. The fraction of sp³-hybridized carbons (Fsp3) is 0.571. The highest BCUT2D eigenvalue weighted by Gasteiger charge is 2.49. The first-order chi connectivity index (χ1) is 24.4. The van der Waals surface area contributed by atoms with E-state index >= 15 is 0 Å². The van der Waals surface area contributed by atoms with Crippen molar-refractivity contribution in [2.45, 2.75) is 86.5 Å². The average molecular weight is 732 g/mol. The first-order valence-corrected chi connectivity index (χ1v) is 19.0. The second-order valence-electron chi connectivity index (χ2n) is 14.3. The summed E-state index contributed by atoms with van der Waals surface area (Å²) in [5, 5.41) is 11.6. The monoisotopic (exact) mass is 731 g/mol. The van der Waals surface area contributed by atoms with Gasteiger partial charge in [-0.1, -0.05) is 35.5 Å². The first kappa shape index (κ1) is 35.8. The summed E-state index contributed by atoms with van der Waals surface area (Å²) < 4.78 is 84.8. The van der Waals surface area contributed by atoms with Crippen molar-refractivity contribution >= 4 is 15.9 Å². The summed E-state index contributed by atoms with van der Waals surface area (Å²) in [4.78, 5) is 18.4. The normalized spacial score (nSPS) is 25.1. The van der Waals surface area contributed by atoms with Gasteiger partial charge in [-0.15, -0.1) is 5.10 Å². The Morgan fingerprint density at radius 3 is 2.51 bits per heavy atom. The first-order valence-electron chi connectivity index (χ1n) is 17.5. The number of fused-ring (bicyclic) bond motifs is 2. The molecule has 0 bridgehead atoms. The van der Waals surface area contributed by atoms with Crippen LogP contribution in [0, 0.1) is 0 Å². The van der Waals surface area contributed by atoms with E-state index in [1.165, 1.54) is 0 Å². The molecular weight excluding hydrogens is 687 g/mol. The van der Waals surface area contributed by atoms with Crippen LogP contribution in [-0.4, -0.2) is 114 Å². The maximum absolute atomic E-state index is 14.3. The van der Waals surface area contributed by atoms with Crippen LogP contribution in [0.2, 0.25) is 0 Å². The van der Waals surface area contributed by atoms with E-state index in [1.807, 2.05) is 30.3 Å². The number of halogens is 3. The highest BCUT2D eigenvalue weighted by Crippen LogP contribution is 2.39. The molecule has 1 aromatic heterocycles. The molecule has 1 spiro atoms. The Morgan fingerprint density at radius 2 is 1.78 bits per heavy atom. The Kier molecular flexibility index (Phi) is 10.1. The van der Waals surface area contributed by atoms with E-state index in [9.17, 15) is 26.4 Å². The summed E-state index contributed by atoms with van der Waals surface area (Å²) >= 11 is 0. The molecule has 1 amide bonds. The predicted molar refractivity (Wildman–Crippen MR) is 180 cm³/mol. The second kappa shape index (κ2) is 14.5.